The maximum Gasteiger partial charge on any atom is 0.117 e. The number of rotatable bonds is 5. The number of aryl methyl sites for hydroxylation is 1. The van der Waals surface area contributed by atoms with Gasteiger partial charge in [0.2, 0.25) is 0 Å². The molecule has 0 spiro atoms. The third-order valence-corrected chi connectivity index (χ3v) is 4.51. The summed E-state index contributed by atoms with van der Waals surface area (Å²) in [5.74, 6) is 2.16. The lowest BCUT2D eigenvalue weighted by Gasteiger charge is -2.15. The van der Waals surface area contributed by atoms with Crippen molar-refractivity contribution in [3.63, 3.8) is 0 Å². The Labute approximate surface area is 139 Å². The number of benzene rings is 2. The average molecular weight is 306 g/mol. The molecule has 0 radical (unpaired) electrons. The Kier molecular flexibility index (Phi) is 4.51. The van der Waals surface area contributed by atoms with Crippen LogP contribution in [0.2, 0.25) is 0 Å². The van der Waals surface area contributed by atoms with Gasteiger partial charge in [0.25, 0.3) is 0 Å². The molecule has 0 aliphatic rings. The molecule has 2 heteroatoms. The largest absolute Gasteiger partial charge is 0.328 e. The van der Waals surface area contributed by atoms with Gasteiger partial charge in [-0.15, -0.1) is 0 Å². The Morgan fingerprint density at radius 1 is 0.957 bits per heavy atom. The second-order valence-corrected chi connectivity index (χ2v) is 6.76. The summed E-state index contributed by atoms with van der Waals surface area (Å²) in [7, 11) is 0. The number of hydrogen-bond donors (Lipinski definition) is 0. The van der Waals surface area contributed by atoms with E-state index in [1.165, 1.54) is 16.6 Å². The first kappa shape index (κ1) is 15.8. The zero-order chi connectivity index (χ0) is 16.4. The fraction of sp³-hybridized carbons (Fsp3) is 0.381. The lowest BCUT2D eigenvalue weighted by molar-refractivity contribution is 0.646. The molecule has 0 aliphatic heterocycles. The smallest absolute Gasteiger partial charge is 0.117 e. The fourth-order valence-electron chi connectivity index (χ4n) is 3.32. The normalized spacial score (nSPS) is 12.9. The van der Waals surface area contributed by atoms with Crippen LogP contribution in [0.1, 0.15) is 50.6 Å². The minimum Gasteiger partial charge on any atom is -0.328 e. The molecule has 0 saturated carbocycles. The second-order valence-electron chi connectivity index (χ2n) is 6.76. The fourth-order valence-corrected chi connectivity index (χ4v) is 3.32. The summed E-state index contributed by atoms with van der Waals surface area (Å²) in [5, 5.41) is 0. The molecule has 1 atom stereocenters. The quantitative estimate of drug-likeness (QED) is 0.616. The Bertz CT molecular complexity index is 781. The summed E-state index contributed by atoms with van der Waals surface area (Å²) in [6.45, 7) is 9.92. The molecule has 2 aromatic carbocycles. The molecule has 0 saturated heterocycles. The molecular formula is C21H26N2. The number of hydrogen-bond acceptors (Lipinski definition) is 1. The minimum absolute atomic E-state index is 0.301. The van der Waals surface area contributed by atoms with Crippen molar-refractivity contribution in [2.75, 3.05) is 0 Å². The van der Waals surface area contributed by atoms with Gasteiger partial charge < -0.3 is 4.57 Å². The third-order valence-electron chi connectivity index (χ3n) is 4.51. The van der Waals surface area contributed by atoms with E-state index in [1.54, 1.807) is 0 Å². The van der Waals surface area contributed by atoms with E-state index in [2.05, 4.69) is 80.8 Å². The first-order chi connectivity index (χ1) is 11.1. The van der Waals surface area contributed by atoms with E-state index in [0.29, 0.717) is 11.8 Å². The molecule has 3 aromatic rings. The summed E-state index contributed by atoms with van der Waals surface area (Å²) in [6, 6.07) is 17.5. The van der Waals surface area contributed by atoms with Gasteiger partial charge in [0.05, 0.1) is 11.0 Å². The van der Waals surface area contributed by atoms with Gasteiger partial charge in [0.1, 0.15) is 5.82 Å². The van der Waals surface area contributed by atoms with E-state index in [0.717, 1.165) is 24.3 Å². The highest BCUT2D eigenvalue weighted by atomic mass is 15.1. The minimum atomic E-state index is 0.301. The predicted molar refractivity (Wildman–Crippen MR) is 97.9 cm³/mol. The highest BCUT2D eigenvalue weighted by Crippen LogP contribution is 2.27. The number of aromatic nitrogens is 2. The van der Waals surface area contributed by atoms with Crippen LogP contribution in [0.4, 0.5) is 0 Å². The van der Waals surface area contributed by atoms with Gasteiger partial charge in [-0.1, -0.05) is 57.2 Å². The van der Waals surface area contributed by atoms with Gasteiger partial charge in [-0.05, 0) is 42.5 Å². The molecule has 0 amide bonds. The zero-order valence-corrected chi connectivity index (χ0v) is 14.6. The Hall–Kier alpha value is -2.09. The van der Waals surface area contributed by atoms with E-state index < -0.39 is 0 Å². The van der Waals surface area contributed by atoms with Crippen LogP contribution < -0.4 is 0 Å². The highest BCUT2D eigenvalue weighted by molar-refractivity contribution is 5.76. The monoisotopic (exact) mass is 306 g/mol. The van der Waals surface area contributed by atoms with Crippen molar-refractivity contribution in [1.29, 1.82) is 0 Å². The summed E-state index contributed by atoms with van der Waals surface area (Å²) < 4.78 is 2.34. The standard InChI is InChI=1S/C21H26N2/c1-5-23-20-9-7-6-8-19(20)22-21(23)16(4)18-12-10-17(11-13-18)14-15(2)3/h6-13,15-16H,5,14H2,1-4H3/t16-/m0/s1. The molecule has 0 unspecified atom stereocenters. The van der Waals surface area contributed by atoms with Gasteiger partial charge in [0, 0.05) is 12.5 Å². The molecule has 120 valence electrons. The van der Waals surface area contributed by atoms with Crippen molar-refractivity contribution in [3.8, 4) is 0 Å². The molecule has 0 bridgehead atoms. The number of fused-ring (bicyclic) bond motifs is 1. The molecule has 0 N–H and O–H groups in total. The molecule has 3 rings (SSSR count). The van der Waals surface area contributed by atoms with Gasteiger partial charge in [-0.3, -0.25) is 0 Å². The van der Waals surface area contributed by atoms with Gasteiger partial charge in [0.15, 0.2) is 0 Å². The topological polar surface area (TPSA) is 17.8 Å². The van der Waals surface area contributed by atoms with E-state index in [9.17, 15) is 0 Å². The van der Waals surface area contributed by atoms with Crippen LogP contribution in [0.15, 0.2) is 48.5 Å². The Morgan fingerprint density at radius 3 is 2.30 bits per heavy atom. The molecule has 1 heterocycles. The Balaban J connectivity index is 1.95. The third kappa shape index (κ3) is 3.17. The lowest BCUT2D eigenvalue weighted by Crippen LogP contribution is -2.07. The maximum atomic E-state index is 4.89. The van der Waals surface area contributed by atoms with E-state index in [1.807, 2.05) is 0 Å². The molecule has 0 aliphatic carbocycles. The number of nitrogens with zero attached hydrogens (tertiary/aromatic N) is 2. The molecule has 23 heavy (non-hydrogen) atoms. The van der Waals surface area contributed by atoms with Crippen LogP contribution in [-0.2, 0) is 13.0 Å². The summed E-state index contributed by atoms with van der Waals surface area (Å²) in [4.78, 5) is 4.89. The van der Waals surface area contributed by atoms with Crippen LogP contribution in [0.25, 0.3) is 11.0 Å². The molecule has 2 nitrogen and oxygen atoms in total. The average Bonchev–Trinajstić information content (AvgIpc) is 2.93. The van der Waals surface area contributed by atoms with Crippen molar-refractivity contribution < 1.29 is 0 Å². The van der Waals surface area contributed by atoms with Crippen LogP contribution in [-0.4, -0.2) is 9.55 Å². The van der Waals surface area contributed by atoms with Crippen molar-refractivity contribution in [2.24, 2.45) is 5.92 Å². The molecular weight excluding hydrogens is 280 g/mol. The molecule has 1 aromatic heterocycles. The van der Waals surface area contributed by atoms with Crippen LogP contribution in [0.5, 0.6) is 0 Å². The molecule has 0 fully saturated rings. The van der Waals surface area contributed by atoms with E-state index in [-0.39, 0.29) is 0 Å². The predicted octanol–water partition coefficient (Wildman–Crippen LogP) is 5.41. The summed E-state index contributed by atoms with van der Waals surface area (Å²) in [6.07, 6.45) is 1.14. The summed E-state index contributed by atoms with van der Waals surface area (Å²) in [5.41, 5.74) is 5.07. The van der Waals surface area contributed by atoms with Crippen LogP contribution in [0.3, 0.4) is 0 Å². The highest BCUT2D eigenvalue weighted by Gasteiger charge is 2.17. The van der Waals surface area contributed by atoms with Gasteiger partial charge in [-0.2, -0.15) is 0 Å². The zero-order valence-electron chi connectivity index (χ0n) is 14.6. The SMILES string of the molecule is CCn1c([C@@H](C)c2ccc(CC(C)C)cc2)nc2ccccc21. The second kappa shape index (κ2) is 6.57. The van der Waals surface area contributed by atoms with Crippen molar-refractivity contribution in [1.82, 2.24) is 9.55 Å². The van der Waals surface area contributed by atoms with E-state index >= 15 is 0 Å². The number of para-hydroxylation sites is 2. The number of imidazole rings is 1. The Morgan fingerprint density at radius 2 is 1.65 bits per heavy atom. The van der Waals surface area contributed by atoms with E-state index in [4.69, 9.17) is 4.98 Å². The first-order valence-electron chi connectivity index (χ1n) is 8.64. The van der Waals surface area contributed by atoms with Crippen molar-refractivity contribution in [3.05, 3.63) is 65.5 Å². The van der Waals surface area contributed by atoms with Crippen LogP contribution in [0, 0.1) is 5.92 Å². The lowest BCUT2D eigenvalue weighted by atomic mass is 9.96. The maximum absolute atomic E-state index is 4.89. The van der Waals surface area contributed by atoms with Crippen molar-refractivity contribution in [2.45, 2.75) is 46.6 Å². The first-order valence-corrected chi connectivity index (χ1v) is 8.64. The summed E-state index contributed by atoms with van der Waals surface area (Å²) >= 11 is 0. The van der Waals surface area contributed by atoms with Gasteiger partial charge in [-0.25, -0.2) is 4.98 Å². The van der Waals surface area contributed by atoms with Crippen molar-refractivity contribution >= 4 is 11.0 Å². The van der Waals surface area contributed by atoms with Crippen LogP contribution >= 0.6 is 0 Å². The van der Waals surface area contributed by atoms with Gasteiger partial charge >= 0.3 is 0 Å².